The third kappa shape index (κ3) is 1.52. The lowest BCUT2D eigenvalue weighted by molar-refractivity contribution is -0.128. The van der Waals surface area contributed by atoms with Crippen LogP contribution in [0.2, 0.25) is 0 Å². The lowest BCUT2D eigenvalue weighted by Crippen LogP contribution is -2.34. The van der Waals surface area contributed by atoms with Crippen molar-refractivity contribution in [2.24, 2.45) is 10.9 Å². The number of rotatable bonds is 1. The molecular weight excluding hydrogens is 144 g/mol. The van der Waals surface area contributed by atoms with Crippen molar-refractivity contribution in [1.82, 2.24) is 5.32 Å². The fourth-order valence-corrected chi connectivity index (χ4v) is 0.782. The number of nitrogens with zero attached hydrogens (tertiary/aromatic N) is 1. The lowest BCUT2D eigenvalue weighted by Gasteiger charge is -2.07. The van der Waals surface area contributed by atoms with E-state index in [0.717, 1.165) is 0 Å². The number of allylic oxidation sites excluding steroid dienone is 1. The van der Waals surface area contributed by atoms with Gasteiger partial charge in [0, 0.05) is 25.5 Å². The Hall–Kier alpha value is -1.45. The molecule has 0 unspecified atom stereocenters. The first-order chi connectivity index (χ1) is 5.25. The van der Waals surface area contributed by atoms with Gasteiger partial charge in [0.25, 0.3) is 0 Å². The van der Waals surface area contributed by atoms with Crippen molar-refractivity contribution in [2.45, 2.75) is 0 Å². The van der Waals surface area contributed by atoms with Gasteiger partial charge < -0.3 is 5.32 Å². The van der Waals surface area contributed by atoms with Crippen LogP contribution >= 0.6 is 0 Å². The summed E-state index contributed by atoms with van der Waals surface area (Å²) >= 11 is 0. The van der Waals surface area contributed by atoms with E-state index in [1.807, 2.05) is 0 Å². The highest BCUT2D eigenvalue weighted by atomic mass is 16.2. The zero-order valence-corrected chi connectivity index (χ0v) is 6.07. The molecule has 0 aromatic carbocycles. The largest absolute Gasteiger partial charge is 0.358 e. The molecule has 0 saturated carbocycles. The summed E-state index contributed by atoms with van der Waals surface area (Å²) < 4.78 is 0. The molecule has 0 radical (unpaired) electrons. The predicted molar refractivity (Wildman–Crippen MR) is 40.2 cm³/mol. The maximum absolute atomic E-state index is 11.0. The molecule has 11 heavy (non-hydrogen) atoms. The van der Waals surface area contributed by atoms with Crippen molar-refractivity contribution >= 4 is 17.9 Å². The van der Waals surface area contributed by atoms with Gasteiger partial charge in [-0.25, -0.2) is 0 Å². The fourth-order valence-electron chi connectivity index (χ4n) is 0.782. The molecule has 0 bridgehead atoms. The van der Waals surface area contributed by atoms with Gasteiger partial charge in [0.2, 0.25) is 5.91 Å². The van der Waals surface area contributed by atoms with Crippen LogP contribution in [0, 0.1) is 5.92 Å². The molecular formula is C7H8N2O2. The number of hydrogen-bond acceptors (Lipinski definition) is 3. The van der Waals surface area contributed by atoms with Crippen LogP contribution in [0.15, 0.2) is 17.3 Å². The summed E-state index contributed by atoms with van der Waals surface area (Å²) in [6, 6.07) is 0. The highest BCUT2D eigenvalue weighted by molar-refractivity contribution is 6.18. The molecule has 1 aliphatic heterocycles. The molecule has 0 saturated heterocycles. The van der Waals surface area contributed by atoms with E-state index in [1.165, 1.54) is 25.5 Å². The van der Waals surface area contributed by atoms with Gasteiger partial charge in [0.15, 0.2) is 5.78 Å². The van der Waals surface area contributed by atoms with E-state index in [0.29, 0.717) is 0 Å². The standard InChI is InChI=1S/C7H8N2O2/c1-8-7(11)5-4-9-3-2-6(5)10/h2-5H,1H3,(H,8,11)/t5-/m0/s1. The Labute approximate surface area is 64.0 Å². The lowest BCUT2D eigenvalue weighted by atomic mass is 10.0. The monoisotopic (exact) mass is 152 g/mol. The Balaban J connectivity index is 2.73. The van der Waals surface area contributed by atoms with Crippen LogP contribution in [0.1, 0.15) is 0 Å². The molecule has 0 spiro atoms. The Morgan fingerprint density at radius 1 is 1.73 bits per heavy atom. The van der Waals surface area contributed by atoms with Crippen LogP contribution in [0.4, 0.5) is 0 Å². The smallest absolute Gasteiger partial charge is 0.236 e. The van der Waals surface area contributed by atoms with E-state index in [-0.39, 0.29) is 11.7 Å². The summed E-state index contributed by atoms with van der Waals surface area (Å²) in [4.78, 5) is 25.6. The predicted octanol–water partition coefficient (Wildman–Crippen LogP) is -0.484. The number of hydrogen-bond donors (Lipinski definition) is 1. The number of carbonyl (C=O) groups is 2. The maximum atomic E-state index is 11.0. The Morgan fingerprint density at radius 3 is 3.00 bits per heavy atom. The molecule has 1 heterocycles. The molecule has 1 atom stereocenters. The first-order valence-corrected chi connectivity index (χ1v) is 3.21. The first kappa shape index (κ1) is 7.65. The average molecular weight is 152 g/mol. The van der Waals surface area contributed by atoms with E-state index in [1.54, 1.807) is 0 Å². The summed E-state index contributed by atoms with van der Waals surface area (Å²) in [5, 5.41) is 2.38. The number of ketones is 1. The summed E-state index contributed by atoms with van der Waals surface area (Å²) in [5.41, 5.74) is 0. The third-order valence-electron chi connectivity index (χ3n) is 1.40. The second-order valence-corrected chi connectivity index (χ2v) is 2.11. The van der Waals surface area contributed by atoms with Crippen molar-refractivity contribution in [1.29, 1.82) is 0 Å². The highest BCUT2D eigenvalue weighted by Gasteiger charge is 2.22. The molecule has 1 N–H and O–H groups in total. The molecule has 4 nitrogen and oxygen atoms in total. The van der Waals surface area contributed by atoms with E-state index >= 15 is 0 Å². The van der Waals surface area contributed by atoms with Crippen molar-refractivity contribution < 1.29 is 9.59 Å². The molecule has 0 aliphatic carbocycles. The van der Waals surface area contributed by atoms with Crippen LogP contribution < -0.4 is 5.32 Å². The number of carbonyl (C=O) groups excluding carboxylic acids is 2. The van der Waals surface area contributed by atoms with Gasteiger partial charge in [-0.05, 0) is 0 Å². The zero-order chi connectivity index (χ0) is 8.27. The first-order valence-electron chi connectivity index (χ1n) is 3.21. The second-order valence-electron chi connectivity index (χ2n) is 2.11. The minimum absolute atomic E-state index is 0.223. The Bertz CT molecular complexity index is 243. The van der Waals surface area contributed by atoms with Crippen LogP contribution in [-0.4, -0.2) is 25.0 Å². The van der Waals surface area contributed by atoms with E-state index in [4.69, 9.17) is 0 Å². The SMILES string of the molecule is CNC(=O)[C@H]1C=NC=CC1=O. The summed E-state index contributed by atoms with van der Waals surface area (Å²) in [5.74, 6) is -1.27. The zero-order valence-electron chi connectivity index (χ0n) is 6.07. The van der Waals surface area contributed by atoms with Gasteiger partial charge in [-0.1, -0.05) is 0 Å². The van der Waals surface area contributed by atoms with Crippen LogP contribution in [0.3, 0.4) is 0 Å². The third-order valence-corrected chi connectivity index (χ3v) is 1.40. The molecule has 4 heteroatoms. The average Bonchev–Trinajstić information content (AvgIpc) is 2.04. The summed E-state index contributed by atoms with van der Waals surface area (Å²) in [7, 11) is 1.49. The Morgan fingerprint density at radius 2 is 2.45 bits per heavy atom. The van der Waals surface area contributed by atoms with Gasteiger partial charge in [-0.15, -0.1) is 0 Å². The Kier molecular flexibility index (Phi) is 2.15. The van der Waals surface area contributed by atoms with Gasteiger partial charge in [0.1, 0.15) is 5.92 Å². The van der Waals surface area contributed by atoms with Crippen molar-refractivity contribution in [3.63, 3.8) is 0 Å². The molecule has 1 aliphatic rings. The fraction of sp³-hybridized carbons (Fsp3) is 0.286. The van der Waals surface area contributed by atoms with Gasteiger partial charge in [-0.3, -0.25) is 14.6 Å². The molecule has 0 fully saturated rings. The van der Waals surface area contributed by atoms with Gasteiger partial charge in [0.05, 0.1) is 0 Å². The topological polar surface area (TPSA) is 58.5 Å². The maximum Gasteiger partial charge on any atom is 0.236 e. The van der Waals surface area contributed by atoms with Crippen LogP contribution in [-0.2, 0) is 9.59 Å². The number of nitrogens with one attached hydrogen (secondary N) is 1. The number of aliphatic imine (C=N–C) groups is 1. The molecule has 1 rings (SSSR count). The van der Waals surface area contributed by atoms with Crippen LogP contribution in [0.25, 0.3) is 0 Å². The molecule has 58 valence electrons. The molecule has 0 aromatic rings. The molecule has 1 amide bonds. The number of amides is 1. The normalized spacial score (nSPS) is 21.9. The molecule has 0 aromatic heterocycles. The minimum Gasteiger partial charge on any atom is -0.358 e. The van der Waals surface area contributed by atoms with E-state index in [2.05, 4.69) is 10.3 Å². The quantitative estimate of drug-likeness (QED) is 0.516. The van der Waals surface area contributed by atoms with Crippen molar-refractivity contribution in [3.8, 4) is 0 Å². The summed E-state index contributed by atoms with van der Waals surface area (Å²) in [6.45, 7) is 0. The van der Waals surface area contributed by atoms with Gasteiger partial charge >= 0.3 is 0 Å². The minimum atomic E-state index is -0.731. The van der Waals surface area contributed by atoms with Gasteiger partial charge in [-0.2, -0.15) is 0 Å². The van der Waals surface area contributed by atoms with Crippen LogP contribution in [0.5, 0.6) is 0 Å². The van der Waals surface area contributed by atoms with E-state index < -0.39 is 5.92 Å². The van der Waals surface area contributed by atoms with Crippen molar-refractivity contribution in [3.05, 3.63) is 12.3 Å². The summed E-state index contributed by atoms with van der Waals surface area (Å²) in [6.07, 6.45) is 4.00. The van der Waals surface area contributed by atoms with Crippen molar-refractivity contribution in [2.75, 3.05) is 7.05 Å². The van der Waals surface area contributed by atoms with E-state index in [9.17, 15) is 9.59 Å². The highest BCUT2D eigenvalue weighted by Crippen LogP contribution is 2.01. The second kappa shape index (κ2) is 3.09.